The third-order valence-corrected chi connectivity index (χ3v) is 13.9. The first-order chi connectivity index (χ1) is 33.7. The summed E-state index contributed by atoms with van der Waals surface area (Å²) in [5, 5.41) is 20.1. The summed E-state index contributed by atoms with van der Waals surface area (Å²) in [4.78, 5) is 0. The average molecular weight is 866 g/mol. The molecule has 4 nitrogen and oxygen atoms in total. The highest BCUT2D eigenvalue weighted by Gasteiger charge is 2.19. The second kappa shape index (κ2) is 15.2. The van der Waals surface area contributed by atoms with Gasteiger partial charge >= 0.3 is 0 Å². The molecule has 0 saturated carbocycles. The molecule has 3 aromatic heterocycles. The van der Waals surface area contributed by atoms with Crippen molar-refractivity contribution in [2.75, 3.05) is 0 Å². The monoisotopic (exact) mass is 865 g/mol. The van der Waals surface area contributed by atoms with Crippen LogP contribution in [0.15, 0.2) is 241 Å². The van der Waals surface area contributed by atoms with Crippen LogP contribution in [0.3, 0.4) is 0 Å². The van der Waals surface area contributed by atoms with E-state index in [2.05, 4.69) is 241 Å². The van der Waals surface area contributed by atoms with Crippen molar-refractivity contribution < 1.29 is 4.42 Å². The summed E-state index contributed by atoms with van der Waals surface area (Å²) in [5.74, 6) is 0.806. The van der Waals surface area contributed by atoms with Gasteiger partial charge in [0.05, 0.1) is 5.52 Å². The Morgan fingerprint density at radius 2 is 0.765 bits per heavy atom. The number of rotatable bonds is 6. The standard InChI is InChI=1S/C64H39N3O/c1-3-11-48-35-50(31-25-40(48)9-1)42-17-19-44(20-18-42)52-33-34-61-58(37-52)59-39-53(45-23-21-43(22-24-45)51-32-26-41-10-2-4-12-49(41)36-51)38-57(62(59)68-61)46-27-29-47(30-28-46)63-65-66-64-56-15-6-5-13-54(56)55-14-7-8-16-60(55)67(63)64/h1-39H. The van der Waals surface area contributed by atoms with Crippen molar-refractivity contribution in [1.82, 2.24) is 14.6 Å². The van der Waals surface area contributed by atoms with Gasteiger partial charge in [-0.05, 0) is 119 Å². The second-order valence-corrected chi connectivity index (χ2v) is 17.8. The van der Waals surface area contributed by atoms with Crippen LogP contribution in [-0.4, -0.2) is 14.6 Å². The molecule has 14 rings (SSSR count). The lowest BCUT2D eigenvalue weighted by Gasteiger charge is -2.11. The molecule has 0 aliphatic carbocycles. The van der Waals surface area contributed by atoms with E-state index in [1.807, 2.05) is 0 Å². The Morgan fingerprint density at radius 3 is 1.41 bits per heavy atom. The summed E-state index contributed by atoms with van der Waals surface area (Å²) >= 11 is 0. The average Bonchev–Trinajstić information content (AvgIpc) is 4.03. The van der Waals surface area contributed by atoms with E-state index in [9.17, 15) is 0 Å². The number of hydrogen-bond donors (Lipinski definition) is 0. The minimum atomic E-state index is 0.806. The van der Waals surface area contributed by atoms with E-state index in [-0.39, 0.29) is 0 Å². The first-order valence-electron chi connectivity index (χ1n) is 23.1. The first kappa shape index (κ1) is 38.2. The summed E-state index contributed by atoms with van der Waals surface area (Å²) in [5.41, 5.74) is 16.1. The third kappa shape index (κ3) is 6.23. The van der Waals surface area contributed by atoms with Gasteiger partial charge in [-0.25, -0.2) is 0 Å². The third-order valence-electron chi connectivity index (χ3n) is 13.9. The normalized spacial score (nSPS) is 11.8. The van der Waals surface area contributed by atoms with Crippen LogP contribution in [0.4, 0.5) is 0 Å². The van der Waals surface area contributed by atoms with Crippen LogP contribution in [-0.2, 0) is 0 Å². The molecule has 0 amide bonds. The van der Waals surface area contributed by atoms with Crippen LogP contribution < -0.4 is 0 Å². The van der Waals surface area contributed by atoms with E-state index < -0.39 is 0 Å². The molecular formula is C64H39N3O. The molecule has 0 bridgehead atoms. The molecule has 0 fully saturated rings. The van der Waals surface area contributed by atoms with Crippen LogP contribution in [0, 0.1) is 0 Å². The molecule has 0 unspecified atom stereocenters. The highest BCUT2D eigenvalue weighted by Crippen LogP contribution is 2.42. The molecule has 0 aliphatic heterocycles. The molecule has 0 aliphatic rings. The summed E-state index contributed by atoms with van der Waals surface area (Å²) in [6.07, 6.45) is 0. The van der Waals surface area contributed by atoms with Crippen LogP contribution in [0.25, 0.3) is 138 Å². The smallest absolute Gasteiger partial charge is 0.169 e. The van der Waals surface area contributed by atoms with Crippen molar-refractivity contribution in [2.24, 2.45) is 0 Å². The summed E-state index contributed by atoms with van der Waals surface area (Å²) < 4.78 is 9.06. The Balaban J connectivity index is 0.886. The molecule has 0 spiro atoms. The molecule has 3 heterocycles. The summed E-state index contributed by atoms with van der Waals surface area (Å²) in [6, 6.07) is 85.1. The van der Waals surface area contributed by atoms with Gasteiger partial charge < -0.3 is 4.42 Å². The van der Waals surface area contributed by atoms with Crippen LogP contribution in [0.2, 0.25) is 0 Å². The molecule has 68 heavy (non-hydrogen) atoms. The Bertz CT molecular complexity index is 4290. The van der Waals surface area contributed by atoms with Crippen molar-refractivity contribution in [1.29, 1.82) is 0 Å². The molecule has 0 atom stereocenters. The van der Waals surface area contributed by atoms with E-state index >= 15 is 0 Å². The number of hydrogen-bond acceptors (Lipinski definition) is 3. The summed E-state index contributed by atoms with van der Waals surface area (Å²) in [6.45, 7) is 0. The quantitative estimate of drug-likeness (QED) is 0.156. The fraction of sp³-hybridized carbons (Fsp3) is 0. The van der Waals surface area contributed by atoms with E-state index in [4.69, 9.17) is 14.6 Å². The lowest BCUT2D eigenvalue weighted by Crippen LogP contribution is -1.94. The van der Waals surface area contributed by atoms with Crippen molar-refractivity contribution in [3.63, 3.8) is 0 Å². The van der Waals surface area contributed by atoms with E-state index in [0.29, 0.717) is 0 Å². The van der Waals surface area contributed by atoms with Gasteiger partial charge in [0, 0.05) is 32.7 Å². The van der Waals surface area contributed by atoms with Gasteiger partial charge in [-0.2, -0.15) is 0 Å². The van der Waals surface area contributed by atoms with Gasteiger partial charge in [0.1, 0.15) is 11.2 Å². The Morgan fingerprint density at radius 1 is 0.294 bits per heavy atom. The maximum Gasteiger partial charge on any atom is 0.169 e. The van der Waals surface area contributed by atoms with Crippen molar-refractivity contribution in [3.8, 4) is 67.0 Å². The zero-order valence-electron chi connectivity index (χ0n) is 36.8. The predicted molar refractivity (Wildman–Crippen MR) is 283 cm³/mol. The van der Waals surface area contributed by atoms with Crippen molar-refractivity contribution >= 4 is 70.8 Å². The maximum atomic E-state index is 6.87. The Labute approximate surface area is 391 Å². The zero-order chi connectivity index (χ0) is 44.7. The summed E-state index contributed by atoms with van der Waals surface area (Å²) in [7, 11) is 0. The van der Waals surface area contributed by atoms with Gasteiger partial charge in [-0.3, -0.25) is 4.40 Å². The van der Waals surface area contributed by atoms with Crippen molar-refractivity contribution in [3.05, 3.63) is 237 Å². The van der Waals surface area contributed by atoms with Crippen molar-refractivity contribution in [2.45, 2.75) is 0 Å². The van der Waals surface area contributed by atoms with Crippen LogP contribution in [0.1, 0.15) is 0 Å². The highest BCUT2D eigenvalue weighted by atomic mass is 16.3. The van der Waals surface area contributed by atoms with Gasteiger partial charge in [0.25, 0.3) is 0 Å². The minimum absolute atomic E-state index is 0.806. The highest BCUT2D eigenvalue weighted by molar-refractivity contribution is 6.13. The molecule has 0 radical (unpaired) electrons. The van der Waals surface area contributed by atoms with Crippen LogP contribution in [0.5, 0.6) is 0 Å². The fourth-order valence-corrected chi connectivity index (χ4v) is 10.4. The van der Waals surface area contributed by atoms with Crippen LogP contribution >= 0.6 is 0 Å². The first-order valence-corrected chi connectivity index (χ1v) is 23.1. The lowest BCUT2D eigenvalue weighted by atomic mass is 9.93. The maximum absolute atomic E-state index is 6.87. The molecule has 4 heteroatoms. The topological polar surface area (TPSA) is 43.3 Å². The zero-order valence-corrected chi connectivity index (χ0v) is 36.8. The SMILES string of the molecule is c1ccc2cc(-c3ccc(-c4ccc5oc6c(-c7ccc(-c8nnc9c%10ccccc%10c%10ccccc%10n89)cc7)cc(-c7ccc(-c8ccc9ccccc9c8)cc7)cc6c5c4)cc3)ccc2c1. The largest absolute Gasteiger partial charge is 0.455 e. The molecule has 11 aromatic carbocycles. The predicted octanol–water partition coefficient (Wildman–Crippen LogP) is 17.2. The second-order valence-electron chi connectivity index (χ2n) is 17.8. The number of pyridine rings is 1. The molecule has 14 aromatic rings. The van der Waals surface area contributed by atoms with E-state index in [0.717, 1.165) is 83.3 Å². The molecule has 0 N–H and O–H groups in total. The Kier molecular flexibility index (Phi) is 8.55. The molecule has 0 saturated heterocycles. The number of benzene rings is 11. The molecular weight excluding hydrogens is 827 g/mol. The van der Waals surface area contributed by atoms with Gasteiger partial charge in [0.15, 0.2) is 11.5 Å². The Hall–Kier alpha value is -9.12. The number of furan rings is 1. The van der Waals surface area contributed by atoms with E-state index in [1.54, 1.807) is 0 Å². The van der Waals surface area contributed by atoms with Gasteiger partial charge in [0.2, 0.25) is 0 Å². The van der Waals surface area contributed by atoms with Gasteiger partial charge in [-0.15, -0.1) is 10.2 Å². The number of aromatic nitrogens is 3. The fourth-order valence-electron chi connectivity index (χ4n) is 10.4. The van der Waals surface area contributed by atoms with Gasteiger partial charge in [-0.1, -0.05) is 194 Å². The van der Waals surface area contributed by atoms with E-state index in [1.165, 1.54) is 54.6 Å². The minimum Gasteiger partial charge on any atom is -0.455 e. The number of para-hydroxylation sites is 1. The number of nitrogens with zero attached hydrogens (tertiary/aromatic N) is 3. The lowest BCUT2D eigenvalue weighted by molar-refractivity contribution is 0.670. The number of fused-ring (bicyclic) bond motifs is 11. The molecule has 316 valence electrons.